The third kappa shape index (κ3) is 4.86. The van der Waals surface area contributed by atoms with Crippen molar-refractivity contribution in [1.82, 2.24) is 4.90 Å². The standard InChI is InChI=1S/C18H27NO3/c1-13(2)19(12-11-16(20)22-6)17(21)14-7-9-15(10-8-14)18(3,4)5/h7-10,13H,11-12H2,1-6H3. The quantitative estimate of drug-likeness (QED) is 0.783. The van der Waals surface area contributed by atoms with Crippen LogP contribution in [0.15, 0.2) is 24.3 Å². The van der Waals surface area contributed by atoms with E-state index in [9.17, 15) is 9.59 Å². The van der Waals surface area contributed by atoms with E-state index in [1.807, 2.05) is 38.1 Å². The molecule has 0 aliphatic rings. The molecule has 0 aliphatic carbocycles. The lowest BCUT2D eigenvalue weighted by molar-refractivity contribution is -0.140. The first-order chi connectivity index (χ1) is 10.2. The summed E-state index contributed by atoms with van der Waals surface area (Å²) in [5.74, 6) is -0.360. The van der Waals surface area contributed by atoms with Crippen LogP contribution in [0.25, 0.3) is 0 Å². The molecular weight excluding hydrogens is 278 g/mol. The zero-order chi connectivity index (χ0) is 16.9. The van der Waals surface area contributed by atoms with Gasteiger partial charge in [0.05, 0.1) is 13.5 Å². The molecule has 0 bridgehead atoms. The lowest BCUT2D eigenvalue weighted by Gasteiger charge is -2.27. The molecular formula is C18H27NO3. The maximum atomic E-state index is 12.6. The number of carbonyl (C=O) groups is 2. The van der Waals surface area contributed by atoms with Crippen LogP contribution >= 0.6 is 0 Å². The number of nitrogens with zero attached hydrogens (tertiary/aromatic N) is 1. The molecule has 1 rings (SSSR count). The highest BCUT2D eigenvalue weighted by molar-refractivity contribution is 5.94. The molecule has 0 aliphatic heterocycles. The minimum absolute atomic E-state index is 0.0273. The number of carbonyl (C=O) groups excluding carboxylic acids is 2. The summed E-state index contributed by atoms with van der Waals surface area (Å²) < 4.78 is 4.64. The molecule has 1 aromatic rings. The minimum atomic E-state index is -0.304. The Labute approximate surface area is 133 Å². The molecule has 0 radical (unpaired) electrons. The Hall–Kier alpha value is -1.84. The number of methoxy groups -OCH3 is 1. The van der Waals surface area contributed by atoms with Crippen LogP contribution in [0, 0.1) is 0 Å². The zero-order valence-electron chi connectivity index (χ0n) is 14.5. The molecule has 4 heteroatoms. The summed E-state index contributed by atoms with van der Waals surface area (Å²) in [7, 11) is 1.36. The fraction of sp³-hybridized carbons (Fsp3) is 0.556. The lowest BCUT2D eigenvalue weighted by atomic mass is 9.86. The number of rotatable bonds is 5. The maximum Gasteiger partial charge on any atom is 0.307 e. The van der Waals surface area contributed by atoms with Crippen LogP contribution < -0.4 is 0 Å². The van der Waals surface area contributed by atoms with Gasteiger partial charge >= 0.3 is 5.97 Å². The SMILES string of the molecule is COC(=O)CCN(C(=O)c1ccc(C(C)(C)C)cc1)C(C)C. The first kappa shape index (κ1) is 18.2. The van der Waals surface area contributed by atoms with E-state index < -0.39 is 0 Å². The molecule has 0 unspecified atom stereocenters. The molecule has 0 spiro atoms. The highest BCUT2D eigenvalue weighted by atomic mass is 16.5. The molecule has 0 fully saturated rings. The summed E-state index contributed by atoms with van der Waals surface area (Å²) in [6, 6.07) is 7.73. The number of hydrogen-bond donors (Lipinski definition) is 0. The third-order valence-corrected chi connectivity index (χ3v) is 3.67. The van der Waals surface area contributed by atoms with Crippen LogP contribution in [-0.2, 0) is 14.9 Å². The molecule has 22 heavy (non-hydrogen) atoms. The molecule has 0 aromatic heterocycles. The van der Waals surface area contributed by atoms with Gasteiger partial charge in [-0.25, -0.2) is 0 Å². The van der Waals surface area contributed by atoms with Gasteiger partial charge in [0.25, 0.3) is 5.91 Å². The van der Waals surface area contributed by atoms with Crippen LogP contribution in [-0.4, -0.2) is 36.5 Å². The Morgan fingerprint density at radius 2 is 1.68 bits per heavy atom. The Morgan fingerprint density at radius 3 is 2.09 bits per heavy atom. The van der Waals surface area contributed by atoms with Crippen LogP contribution in [0.5, 0.6) is 0 Å². The van der Waals surface area contributed by atoms with Crippen molar-refractivity contribution in [2.24, 2.45) is 0 Å². The predicted octanol–water partition coefficient (Wildman–Crippen LogP) is 3.40. The van der Waals surface area contributed by atoms with Gasteiger partial charge in [0.1, 0.15) is 0 Å². The Morgan fingerprint density at radius 1 is 1.14 bits per heavy atom. The smallest absolute Gasteiger partial charge is 0.307 e. The second kappa shape index (κ2) is 7.43. The molecule has 1 amide bonds. The lowest BCUT2D eigenvalue weighted by Crippen LogP contribution is -2.38. The number of esters is 1. The highest BCUT2D eigenvalue weighted by Gasteiger charge is 2.21. The van der Waals surface area contributed by atoms with E-state index in [0.717, 1.165) is 0 Å². The highest BCUT2D eigenvalue weighted by Crippen LogP contribution is 2.22. The summed E-state index contributed by atoms with van der Waals surface area (Å²) in [5, 5.41) is 0. The Kier molecular flexibility index (Phi) is 6.15. The predicted molar refractivity (Wildman–Crippen MR) is 87.9 cm³/mol. The number of amides is 1. The van der Waals surface area contributed by atoms with Crippen LogP contribution in [0.1, 0.15) is 57.0 Å². The zero-order valence-corrected chi connectivity index (χ0v) is 14.5. The maximum absolute atomic E-state index is 12.6. The Balaban J connectivity index is 2.88. The van der Waals surface area contributed by atoms with E-state index >= 15 is 0 Å². The molecule has 0 saturated carbocycles. The van der Waals surface area contributed by atoms with Crippen molar-refractivity contribution >= 4 is 11.9 Å². The minimum Gasteiger partial charge on any atom is -0.469 e. The van der Waals surface area contributed by atoms with E-state index in [-0.39, 0.29) is 29.8 Å². The molecule has 4 nitrogen and oxygen atoms in total. The van der Waals surface area contributed by atoms with Gasteiger partial charge < -0.3 is 9.64 Å². The molecule has 1 aromatic carbocycles. The van der Waals surface area contributed by atoms with Crippen LogP contribution in [0.2, 0.25) is 0 Å². The van der Waals surface area contributed by atoms with Gasteiger partial charge in [-0.2, -0.15) is 0 Å². The van der Waals surface area contributed by atoms with Gasteiger partial charge in [-0.15, -0.1) is 0 Å². The van der Waals surface area contributed by atoms with Gasteiger partial charge in [0.15, 0.2) is 0 Å². The second-order valence-electron chi connectivity index (χ2n) is 6.75. The summed E-state index contributed by atoms with van der Waals surface area (Å²) in [5.41, 5.74) is 1.89. The van der Waals surface area contributed by atoms with E-state index in [1.54, 1.807) is 4.90 Å². The summed E-state index contributed by atoms with van der Waals surface area (Å²) >= 11 is 0. The van der Waals surface area contributed by atoms with Gasteiger partial charge in [0.2, 0.25) is 0 Å². The molecule has 122 valence electrons. The third-order valence-electron chi connectivity index (χ3n) is 3.67. The first-order valence-electron chi connectivity index (χ1n) is 7.65. The van der Waals surface area contributed by atoms with Crippen molar-refractivity contribution in [2.75, 3.05) is 13.7 Å². The summed E-state index contributed by atoms with van der Waals surface area (Å²) in [6.07, 6.45) is 0.209. The molecule has 0 saturated heterocycles. The fourth-order valence-electron chi connectivity index (χ4n) is 2.19. The van der Waals surface area contributed by atoms with Crippen molar-refractivity contribution in [3.05, 3.63) is 35.4 Å². The van der Waals surface area contributed by atoms with Crippen molar-refractivity contribution in [3.8, 4) is 0 Å². The number of hydrogen-bond acceptors (Lipinski definition) is 3. The van der Waals surface area contributed by atoms with E-state index in [1.165, 1.54) is 12.7 Å². The Bertz CT molecular complexity index is 512. The normalized spacial score (nSPS) is 11.4. The topological polar surface area (TPSA) is 46.6 Å². The monoisotopic (exact) mass is 305 g/mol. The fourth-order valence-corrected chi connectivity index (χ4v) is 2.19. The molecule has 0 heterocycles. The van der Waals surface area contributed by atoms with Crippen LogP contribution in [0.4, 0.5) is 0 Å². The van der Waals surface area contributed by atoms with Gasteiger partial charge in [-0.1, -0.05) is 32.9 Å². The van der Waals surface area contributed by atoms with E-state index in [2.05, 4.69) is 25.5 Å². The average molecular weight is 305 g/mol. The average Bonchev–Trinajstić information content (AvgIpc) is 2.45. The van der Waals surface area contributed by atoms with Crippen LogP contribution in [0.3, 0.4) is 0 Å². The van der Waals surface area contributed by atoms with Gasteiger partial charge in [-0.05, 0) is 37.0 Å². The van der Waals surface area contributed by atoms with E-state index in [0.29, 0.717) is 12.1 Å². The summed E-state index contributed by atoms with van der Waals surface area (Å²) in [6.45, 7) is 10.7. The molecule has 0 N–H and O–H groups in total. The first-order valence-corrected chi connectivity index (χ1v) is 7.65. The van der Waals surface area contributed by atoms with E-state index in [4.69, 9.17) is 0 Å². The number of ether oxygens (including phenoxy) is 1. The molecule has 0 atom stereocenters. The van der Waals surface area contributed by atoms with Gasteiger partial charge in [0, 0.05) is 18.2 Å². The van der Waals surface area contributed by atoms with Crippen molar-refractivity contribution in [2.45, 2.75) is 52.5 Å². The van der Waals surface area contributed by atoms with Gasteiger partial charge in [-0.3, -0.25) is 9.59 Å². The largest absolute Gasteiger partial charge is 0.469 e. The number of benzene rings is 1. The van der Waals surface area contributed by atoms with Crippen molar-refractivity contribution in [1.29, 1.82) is 0 Å². The second-order valence-corrected chi connectivity index (χ2v) is 6.75. The summed E-state index contributed by atoms with van der Waals surface area (Å²) in [4.78, 5) is 25.6. The van der Waals surface area contributed by atoms with Crippen molar-refractivity contribution < 1.29 is 14.3 Å². The van der Waals surface area contributed by atoms with Crippen molar-refractivity contribution in [3.63, 3.8) is 0 Å².